The van der Waals surface area contributed by atoms with E-state index in [1.807, 2.05) is 55.5 Å². The maximum Gasteiger partial charge on any atom is 0.234 e. The van der Waals surface area contributed by atoms with E-state index in [9.17, 15) is 4.79 Å². The smallest absolute Gasteiger partial charge is 0.234 e. The van der Waals surface area contributed by atoms with E-state index in [1.54, 1.807) is 0 Å². The third kappa shape index (κ3) is 4.83. The number of carbonyl (C=O) groups excluding carboxylic acids is 1. The molecule has 2 N–H and O–H groups in total. The molecule has 0 atom stereocenters. The summed E-state index contributed by atoms with van der Waals surface area (Å²) in [6, 6.07) is 15.9. The second-order valence-corrected chi connectivity index (χ2v) is 7.86. The molecule has 1 aromatic heterocycles. The number of thioether (sulfide) groups is 1. The molecule has 0 aliphatic heterocycles. The van der Waals surface area contributed by atoms with E-state index in [2.05, 4.69) is 27.8 Å². The molecule has 1 heterocycles. The van der Waals surface area contributed by atoms with Gasteiger partial charge in [-0.2, -0.15) is 0 Å². The molecule has 0 fully saturated rings. The zero-order valence-electron chi connectivity index (χ0n) is 14.7. The summed E-state index contributed by atoms with van der Waals surface area (Å²) < 4.78 is 0.763. The monoisotopic (exact) mass is 384 g/mol. The Kier molecular flexibility index (Phi) is 6.25. The van der Waals surface area contributed by atoms with E-state index in [4.69, 9.17) is 0 Å². The molecular formula is C19H20N4OS2. The highest BCUT2D eigenvalue weighted by molar-refractivity contribution is 8.01. The topological polar surface area (TPSA) is 66.9 Å². The number of aromatic nitrogens is 2. The lowest BCUT2D eigenvalue weighted by Gasteiger charge is -2.12. The van der Waals surface area contributed by atoms with Gasteiger partial charge < -0.3 is 10.6 Å². The van der Waals surface area contributed by atoms with Crippen LogP contribution >= 0.6 is 23.1 Å². The zero-order valence-corrected chi connectivity index (χ0v) is 16.3. The normalized spacial score (nSPS) is 10.5. The lowest BCUT2D eigenvalue weighted by atomic mass is 10.1. The molecule has 0 saturated carbocycles. The number of carbonyl (C=O) groups is 1. The molecule has 1 amide bonds. The van der Waals surface area contributed by atoms with Gasteiger partial charge in [-0.15, -0.1) is 10.2 Å². The summed E-state index contributed by atoms with van der Waals surface area (Å²) in [5.74, 6) is 0.268. The Morgan fingerprint density at radius 2 is 1.92 bits per heavy atom. The van der Waals surface area contributed by atoms with Crippen molar-refractivity contribution in [3.8, 4) is 0 Å². The van der Waals surface area contributed by atoms with Crippen LogP contribution in [0.5, 0.6) is 0 Å². The molecule has 0 radical (unpaired) electrons. The van der Waals surface area contributed by atoms with Crippen LogP contribution in [-0.4, -0.2) is 21.9 Å². The quantitative estimate of drug-likeness (QED) is 0.568. The van der Waals surface area contributed by atoms with E-state index in [1.165, 1.54) is 23.1 Å². The van der Waals surface area contributed by atoms with E-state index in [0.29, 0.717) is 10.9 Å². The maximum atomic E-state index is 12.3. The van der Waals surface area contributed by atoms with Gasteiger partial charge in [0.2, 0.25) is 11.0 Å². The largest absolute Gasteiger partial charge is 0.330 e. The van der Waals surface area contributed by atoms with Crippen LogP contribution in [0.25, 0.3) is 0 Å². The van der Waals surface area contributed by atoms with Crippen molar-refractivity contribution < 1.29 is 4.79 Å². The Balaban J connectivity index is 1.55. The van der Waals surface area contributed by atoms with Gasteiger partial charge in [0.15, 0.2) is 4.34 Å². The predicted octanol–water partition coefficient (Wildman–Crippen LogP) is 4.88. The second-order valence-electron chi connectivity index (χ2n) is 5.66. The Morgan fingerprint density at radius 3 is 2.69 bits per heavy atom. The number of hydrogen-bond donors (Lipinski definition) is 2. The first-order valence-corrected chi connectivity index (χ1v) is 10.1. The van der Waals surface area contributed by atoms with E-state index < -0.39 is 0 Å². The fourth-order valence-electron chi connectivity index (χ4n) is 2.47. The van der Waals surface area contributed by atoms with Crippen LogP contribution in [0.1, 0.15) is 18.1 Å². The number of nitrogens with one attached hydrogen (secondary N) is 2. The zero-order chi connectivity index (χ0) is 18.4. The number of rotatable bonds is 7. The molecule has 3 rings (SSSR count). The highest BCUT2D eigenvalue weighted by Crippen LogP contribution is 2.28. The molecular weight excluding hydrogens is 364 g/mol. The molecule has 0 saturated heterocycles. The van der Waals surface area contributed by atoms with Gasteiger partial charge in [0, 0.05) is 11.4 Å². The highest BCUT2D eigenvalue weighted by Gasteiger charge is 2.11. The van der Waals surface area contributed by atoms with Crippen LogP contribution in [0, 0.1) is 6.92 Å². The Labute approximate surface area is 161 Å². The first-order valence-electron chi connectivity index (χ1n) is 8.32. The first kappa shape index (κ1) is 18.4. The number of amides is 1. The van der Waals surface area contributed by atoms with Gasteiger partial charge in [0.25, 0.3) is 0 Å². The summed E-state index contributed by atoms with van der Waals surface area (Å²) in [7, 11) is 0. The summed E-state index contributed by atoms with van der Waals surface area (Å²) in [6.07, 6.45) is 0.884. The summed E-state index contributed by atoms with van der Waals surface area (Å²) in [5, 5.41) is 15.2. The minimum atomic E-state index is -0.0354. The number of aryl methyl sites for hydroxylation is 2. The van der Waals surface area contributed by atoms with Gasteiger partial charge in [-0.05, 0) is 36.6 Å². The molecule has 134 valence electrons. The molecule has 26 heavy (non-hydrogen) atoms. The van der Waals surface area contributed by atoms with Crippen LogP contribution < -0.4 is 10.6 Å². The molecule has 3 aromatic rings. The van der Waals surface area contributed by atoms with Crippen molar-refractivity contribution in [1.82, 2.24) is 10.2 Å². The van der Waals surface area contributed by atoms with Crippen LogP contribution in [0.15, 0.2) is 52.9 Å². The lowest BCUT2D eigenvalue weighted by molar-refractivity contribution is -0.113. The minimum Gasteiger partial charge on any atom is -0.330 e. The Hall–Kier alpha value is -2.38. The molecule has 0 aliphatic rings. The summed E-state index contributed by atoms with van der Waals surface area (Å²) in [5.41, 5.74) is 4.11. The maximum absolute atomic E-state index is 12.3. The molecule has 0 bridgehead atoms. The molecule has 0 aliphatic carbocycles. The van der Waals surface area contributed by atoms with Crippen LogP contribution in [0.4, 0.5) is 16.5 Å². The molecule has 2 aromatic carbocycles. The summed E-state index contributed by atoms with van der Waals surface area (Å²) >= 11 is 2.83. The highest BCUT2D eigenvalue weighted by atomic mass is 32.2. The Morgan fingerprint density at radius 1 is 1.12 bits per heavy atom. The van der Waals surface area contributed by atoms with E-state index >= 15 is 0 Å². The second kappa shape index (κ2) is 8.82. The predicted molar refractivity (Wildman–Crippen MR) is 110 cm³/mol. The first-order chi connectivity index (χ1) is 12.7. The lowest BCUT2D eigenvalue weighted by Crippen LogP contribution is -2.16. The van der Waals surface area contributed by atoms with Crippen molar-refractivity contribution in [2.45, 2.75) is 24.6 Å². The van der Waals surface area contributed by atoms with Gasteiger partial charge in [-0.3, -0.25) is 4.79 Å². The van der Waals surface area contributed by atoms with Crippen molar-refractivity contribution in [3.05, 3.63) is 59.7 Å². The van der Waals surface area contributed by atoms with Crippen molar-refractivity contribution in [1.29, 1.82) is 0 Å². The van der Waals surface area contributed by atoms with Crippen molar-refractivity contribution in [2.24, 2.45) is 0 Å². The number of nitrogens with zero attached hydrogens (tertiary/aromatic N) is 2. The Bertz CT molecular complexity index is 880. The summed E-state index contributed by atoms with van der Waals surface area (Å²) in [6.45, 7) is 4.09. The van der Waals surface area contributed by atoms with Crippen LogP contribution in [0.2, 0.25) is 0 Å². The van der Waals surface area contributed by atoms with E-state index in [0.717, 1.165) is 33.3 Å². The van der Waals surface area contributed by atoms with Gasteiger partial charge in [-0.1, -0.05) is 66.4 Å². The third-order valence-electron chi connectivity index (χ3n) is 3.76. The standard InChI is InChI=1S/C19H20N4OS2/c1-3-14-9-7-8-13(2)17(14)21-16(24)12-25-19-23-22-18(26-19)20-15-10-5-4-6-11-15/h4-11H,3,12H2,1-2H3,(H,20,22)(H,21,24). The average Bonchev–Trinajstić information content (AvgIpc) is 3.10. The molecule has 0 spiro atoms. The van der Waals surface area contributed by atoms with Gasteiger partial charge in [0.05, 0.1) is 5.75 Å². The number of anilines is 3. The van der Waals surface area contributed by atoms with Gasteiger partial charge >= 0.3 is 0 Å². The number of hydrogen-bond acceptors (Lipinski definition) is 6. The fraction of sp³-hybridized carbons (Fsp3) is 0.211. The van der Waals surface area contributed by atoms with E-state index in [-0.39, 0.29) is 5.91 Å². The minimum absolute atomic E-state index is 0.0354. The van der Waals surface area contributed by atoms with Gasteiger partial charge in [-0.25, -0.2) is 0 Å². The van der Waals surface area contributed by atoms with Crippen LogP contribution in [-0.2, 0) is 11.2 Å². The molecule has 7 heteroatoms. The van der Waals surface area contributed by atoms with Crippen LogP contribution in [0.3, 0.4) is 0 Å². The SMILES string of the molecule is CCc1cccc(C)c1NC(=O)CSc1nnc(Nc2ccccc2)s1. The van der Waals surface area contributed by atoms with Crippen molar-refractivity contribution >= 4 is 45.5 Å². The third-order valence-corrected chi connectivity index (χ3v) is 5.73. The van der Waals surface area contributed by atoms with Crippen molar-refractivity contribution in [2.75, 3.05) is 16.4 Å². The summed E-state index contributed by atoms with van der Waals surface area (Å²) in [4.78, 5) is 12.3. The average molecular weight is 385 g/mol. The number of para-hydroxylation sites is 2. The number of benzene rings is 2. The molecule has 0 unspecified atom stereocenters. The fourth-order valence-corrected chi connectivity index (χ4v) is 4.04. The van der Waals surface area contributed by atoms with Gasteiger partial charge in [0.1, 0.15) is 0 Å². The molecule has 5 nitrogen and oxygen atoms in total. The van der Waals surface area contributed by atoms with Crippen molar-refractivity contribution in [3.63, 3.8) is 0 Å².